The maximum absolute atomic E-state index is 13.8. The number of nitrogens with one attached hydrogen (secondary N) is 2. The molecule has 0 atom stereocenters. The molecule has 0 bridgehead atoms. The topological polar surface area (TPSA) is 98.6 Å². The summed E-state index contributed by atoms with van der Waals surface area (Å²) in [5, 5.41) is 10.4. The number of fused-ring (bicyclic) bond motifs is 1. The van der Waals surface area contributed by atoms with E-state index in [0.717, 1.165) is 17.6 Å². The Morgan fingerprint density at radius 2 is 2.24 bits per heavy atom. The molecule has 6 nitrogen and oxygen atoms in total. The first kappa shape index (κ1) is 13.5. The van der Waals surface area contributed by atoms with Gasteiger partial charge in [0.15, 0.2) is 0 Å². The maximum atomic E-state index is 13.8. The smallest absolute Gasteiger partial charge is 0.264 e. The second-order valence-electron chi connectivity index (χ2n) is 4.12. The fourth-order valence-electron chi connectivity index (χ4n) is 1.91. The number of nitriles is 1. The van der Waals surface area contributed by atoms with Crippen LogP contribution < -0.4 is 4.72 Å². The Morgan fingerprint density at radius 1 is 1.43 bits per heavy atom. The summed E-state index contributed by atoms with van der Waals surface area (Å²) in [5.74, 6) is -0.594. The lowest BCUT2D eigenvalue weighted by Crippen LogP contribution is -2.12. The highest BCUT2D eigenvalue weighted by Crippen LogP contribution is 2.29. The van der Waals surface area contributed by atoms with Crippen LogP contribution in [0, 0.1) is 17.1 Å². The van der Waals surface area contributed by atoms with Crippen LogP contribution in [0.4, 0.5) is 10.1 Å². The van der Waals surface area contributed by atoms with Gasteiger partial charge in [-0.25, -0.2) is 12.8 Å². The number of nitrogens with zero attached hydrogens (tertiary/aromatic N) is 2. The molecule has 0 spiro atoms. The predicted molar refractivity (Wildman–Crippen MR) is 75.9 cm³/mol. The van der Waals surface area contributed by atoms with E-state index in [2.05, 4.69) is 14.1 Å². The van der Waals surface area contributed by atoms with Crippen molar-refractivity contribution < 1.29 is 12.8 Å². The molecule has 2 N–H and O–H groups in total. The molecule has 106 valence electrons. The largest absolute Gasteiger partial charge is 0.358 e. The van der Waals surface area contributed by atoms with E-state index in [4.69, 9.17) is 5.26 Å². The number of aromatic nitrogens is 2. The first-order chi connectivity index (χ1) is 10.0. The molecule has 0 amide bonds. The van der Waals surface area contributed by atoms with Crippen LogP contribution in [-0.4, -0.2) is 17.8 Å². The van der Waals surface area contributed by atoms with E-state index in [1.54, 1.807) is 0 Å². The average molecular weight is 322 g/mol. The second-order valence-corrected chi connectivity index (χ2v) is 6.46. The zero-order chi connectivity index (χ0) is 15.0. The van der Waals surface area contributed by atoms with Crippen LogP contribution in [-0.2, 0) is 10.0 Å². The lowest BCUT2D eigenvalue weighted by Gasteiger charge is -2.07. The number of sulfonamides is 1. The van der Waals surface area contributed by atoms with E-state index in [0.29, 0.717) is 0 Å². The highest BCUT2D eigenvalue weighted by atomic mass is 32.2. The molecule has 3 aromatic rings. The standard InChI is InChI=1S/C12H7FN4O2S2/c13-9-1-2-10(12-11(9)7(3-14)4-15-12)17-21(18,19)8-5-16-20-6-8/h1-2,4-6,15,17H. The summed E-state index contributed by atoms with van der Waals surface area (Å²) in [4.78, 5) is 2.74. The Balaban J connectivity index is 2.13. The first-order valence-corrected chi connectivity index (χ1v) is 7.97. The number of H-pyrrole nitrogens is 1. The number of halogens is 1. The van der Waals surface area contributed by atoms with Crippen molar-refractivity contribution in [3.05, 3.63) is 41.3 Å². The lowest BCUT2D eigenvalue weighted by atomic mass is 10.1. The fourth-order valence-corrected chi connectivity index (χ4v) is 3.78. The molecule has 1 aromatic carbocycles. The molecule has 3 rings (SSSR count). The summed E-state index contributed by atoms with van der Waals surface area (Å²) in [6.45, 7) is 0. The van der Waals surface area contributed by atoms with Gasteiger partial charge in [-0.15, -0.1) is 0 Å². The van der Waals surface area contributed by atoms with Gasteiger partial charge in [0.2, 0.25) is 0 Å². The molecule has 0 fully saturated rings. The third-order valence-electron chi connectivity index (χ3n) is 2.87. The van der Waals surface area contributed by atoms with Gasteiger partial charge in [-0.05, 0) is 23.7 Å². The molecule has 21 heavy (non-hydrogen) atoms. The summed E-state index contributed by atoms with van der Waals surface area (Å²) in [5.41, 5.74) is 0.498. The van der Waals surface area contributed by atoms with E-state index in [1.165, 1.54) is 23.8 Å². The minimum atomic E-state index is -3.80. The van der Waals surface area contributed by atoms with Gasteiger partial charge in [-0.3, -0.25) is 4.72 Å². The highest BCUT2D eigenvalue weighted by molar-refractivity contribution is 7.92. The number of rotatable bonds is 3. The van der Waals surface area contributed by atoms with E-state index in [-0.39, 0.29) is 27.0 Å². The van der Waals surface area contributed by atoms with Crippen molar-refractivity contribution in [1.82, 2.24) is 9.36 Å². The Labute approximate surface area is 123 Å². The van der Waals surface area contributed by atoms with Crippen molar-refractivity contribution in [2.45, 2.75) is 4.90 Å². The molecule has 0 saturated carbocycles. The van der Waals surface area contributed by atoms with Crippen molar-refractivity contribution in [2.75, 3.05) is 4.72 Å². The first-order valence-electron chi connectivity index (χ1n) is 5.65. The van der Waals surface area contributed by atoms with Crippen molar-refractivity contribution in [2.24, 2.45) is 0 Å². The average Bonchev–Trinajstić information content (AvgIpc) is 3.10. The van der Waals surface area contributed by atoms with Crippen molar-refractivity contribution in [1.29, 1.82) is 5.26 Å². The molecule has 0 aliphatic carbocycles. The van der Waals surface area contributed by atoms with Crippen LogP contribution in [0.15, 0.2) is 34.8 Å². The number of hydrogen-bond acceptors (Lipinski definition) is 5. The van der Waals surface area contributed by atoms with Crippen molar-refractivity contribution in [3.63, 3.8) is 0 Å². The molecule has 0 radical (unpaired) electrons. The van der Waals surface area contributed by atoms with Crippen molar-refractivity contribution >= 4 is 38.1 Å². The van der Waals surface area contributed by atoms with Gasteiger partial charge in [-0.1, -0.05) is 0 Å². The Hall–Kier alpha value is -2.44. The van der Waals surface area contributed by atoms with E-state index in [9.17, 15) is 12.8 Å². The maximum Gasteiger partial charge on any atom is 0.264 e. The van der Waals surface area contributed by atoms with E-state index >= 15 is 0 Å². The zero-order valence-corrected chi connectivity index (χ0v) is 11.9. The van der Waals surface area contributed by atoms with Gasteiger partial charge < -0.3 is 4.98 Å². The summed E-state index contributed by atoms with van der Waals surface area (Å²) in [6, 6.07) is 4.26. The molecule has 0 unspecified atom stereocenters. The quantitative estimate of drug-likeness (QED) is 0.773. The SMILES string of the molecule is N#Cc1c[nH]c2c(NS(=O)(=O)c3cnsc3)ccc(F)c12. The summed E-state index contributed by atoms with van der Waals surface area (Å²) in [7, 11) is -3.80. The van der Waals surface area contributed by atoms with Gasteiger partial charge in [0.05, 0.1) is 28.4 Å². The van der Waals surface area contributed by atoms with Gasteiger partial charge in [-0.2, -0.15) is 9.64 Å². The van der Waals surface area contributed by atoms with Gasteiger partial charge >= 0.3 is 0 Å². The molecule has 0 aliphatic heterocycles. The normalized spacial score (nSPS) is 11.4. The van der Waals surface area contributed by atoms with Gasteiger partial charge in [0.1, 0.15) is 16.8 Å². The van der Waals surface area contributed by atoms with Crippen LogP contribution in [0.25, 0.3) is 10.9 Å². The van der Waals surface area contributed by atoms with Gasteiger partial charge in [0.25, 0.3) is 10.0 Å². The predicted octanol–water partition coefficient (Wildman–Crippen LogP) is 2.44. The molecule has 0 aliphatic rings. The monoisotopic (exact) mass is 322 g/mol. The summed E-state index contributed by atoms with van der Waals surface area (Å²) >= 11 is 1.01. The van der Waals surface area contributed by atoms with Crippen LogP contribution in [0.1, 0.15) is 5.56 Å². The molecule has 0 saturated heterocycles. The lowest BCUT2D eigenvalue weighted by molar-refractivity contribution is 0.601. The minimum absolute atomic E-state index is 0.0250. The van der Waals surface area contributed by atoms with Crippen LogP contribution in [0.5, 0.6) is 0 Å². The third kappa shape index (κ3) is 2.24. The van der Waals surface area contributed by atoms with Crippen molar-refractivity contribution in [3.8, 4) is 6.07 Å². The summed E-state index contributed by atoms with van der Waals surface area (Å²) in [6.07, 6.45) is 2.56. The van der Waals surface area contributed by atoms with Crippen LogP contribution in [0.3, 0.4) is 0 Å². The number of hydrogen-bond donors (Lipinski definition) is 2. The number of anilines is 1. The Morgan fingerprint density at radius 3 is 2.90 bits per heavy atom. The van der Waals surface area contributed by atoms with Gasteiger partial charge in [0, 0.05) is 11.6 Å². The van der Waals surface area contributed by atoms with Crippen LogP contribution in [0.2, 0.25) is 0 Å². The number of aromatic amines is 1. The molecular weight excluding hydrogens is 315 g/mol. The highest BCUT2D eigenvalue weighted by Gasteiger charge is 2.19. The Bertz CT molecular complexity index is 955. The van der Waals surface area contributed by atoms with E-state index in [1.807, 2.05) is 6.07 Å². The summed E-state index contributed by atoms with van der Waals surface area (Å²) < 4.78 is 44.2. The molecular formula is C12H7FN4O2S2. The molecule has 2 heterocycles. The van der Waals surface area contributed by atoms with E-state index < -0.39 is 15.8 Å². The zero-order valence-electron chi connectivity index (χ0n) is 10.3. The molecule has 2 aromatic heterocycles. The number of benzene rings is 1. The fraction of sp³-hybridized carbons (Fsp3) is 0. The molecule has 9 heteroatoms. The minimum Gasteiger partial charge on any atom is -0.358 e. The Kier molecular flexibility index (Phi) is 3.12. The third-order valence-corrected chi connectivity index (χ3v) is 4.94. The second kappa shape index (κ2) is 4.83. The van der Waals surface area contributed by atoms with Crippen LogP contribution >= 0.6 is 11.5 Å².